The molecule has 88 valence electrons. The van der Waals surface area contributed by atoms with Gasteiger partial charge in [-0.15, -0.1) is 0 Å². The van der Waals surface area contributed by atoms with Gasteiger partial charge in [0.25, 0.3) is 0 Å². The number of nitrogens with zero attached hydrogens (tertiary/aromatic N) is 1. The van der Waals surface area contributed by atoms with Gasteiger partial charge in [-0.05, 0) is 58.7 Å². The summed E-state index contributed by atoms with van der Waals surface area (Å²) in [7, 11) is 0. The van der Waals surface area contributed by atoms with Crippen LogP contribution in [0.4, 0.5) is 0 Å². The summed E-state index contributed by atoms with van der Waals surface area (Å²) >= 11 is 0. The molecule has 2 saturated heterocycles. The summed E-state index contributed by atoms with van der Waals surface area (Å²) in [6, 6.07) is 0.852. The highest BCUT2D eigenvalue weighted by atomic mass is 15.2. The van der Waals surface area contributed by atoms with Crippen molar-refractivity contribution in [2.24, 2.45) is 0 Å². The maximum Gasteiger partial charge on any atom is 0.0168 e. The van der Waals surface area contributed by atoms with Crippen LogP contribution in [-0.4, -0.2) is 36.1 Å². The van der Waals surface area contributed by atoms with Crippen LogP contribution < -0.4 is 5.32 Å². The predicted octanol–water partition coefficient (Wildman–Crippen LogP) is 2.39. The zero-order valence-electron chi connectivity index (χ0n) is 10.4. The van der Waals surface area contributed by atoms with Crippen molar-refractivity contribution in [1.82, 2.24) is 10.2 Å². The molecule has 0 aromatic carbocycles. The molecule has 0 aromatic rings. The van der Waals surface area contributed by atoms with Crippen LogP contribution in [0.15, 0.2) is 0 Å². The second kappa shape index (κ2) is 4.84. The first-order valence-electron chi connectivity index (χ1n) is 6.72. The van der Waals surface area contributed by atoms with Gasteiger partial charge in [0.15, 0.2) is 0 Å². The Hall–Kier alpha value is -0.0800. The molecular formula is C13H26N2. The molecule has 2 atom stereocenters. The quantitative estimate of drug-likeness (QED) is 0.769. The Morgan fingerprint density at radius 2 is 2.20 bits per heavy atom. The highest BCUT2D eigenvalue weighted by Gasteiger charge is 2.33. The topological polar surface area (TPSA) is 15.3 Å². The van der Waals surface area contributed by atoms with Crippen LogP contribution in [0.25, 0.3) is 0 Å². The van der Waals surface area contributed by atoms with Gasteiger partial charge in [-0.3, -0.25) is 0 Å². The van der Waals surface area contributed by atoms with Crippen molar-refractivity contribution in [3.05, 3.63) is 0 Å². The van der Waals surface area contributed by atoms with E-state index in [9.17, 15) is 0 Å². The van der Waals surface area contributed by atoms with Crippen LogP contribution in [-0.2, 0) is 0 Å². The zero-order valence-corrected chi connectivity index (χ0v) is 10.4. The van der Waals surface area contributed by atoms with Gasteiger partial charge in [-0.2, -0.15) is 0 Å². The molecule has 0 bridgehead atoms. The molecule has 0 aromatic heterocycles. The minimum Gasteiger partial charge on any atom is -0.311 e. The fraction of sp³-hybridized carbons (Fsp3) is 1.00. The first kappa shape index (κ1) is 11.4. The summed E-state index contributed by atoms with van der Waals surface area (Å²) in [5.41, 5.74) is 0.431. The molecule has 0 amide bonds. The molecule has 0 radical (unpaired) electrons. The first-order chi connectivity index (χ1) is 7.23. The molecule has 0 saturated carbocycles. The van der Waals surface area contributed by atoms with Gasteiger partial charge in [-0.1, -0.05) is 13.3 Å². The van der Waals surface area contributed by atoms with Gasteiger partial charge in [0, 0.05) is 11.6 Å². The highest BCUT2D eigenvalue weighted by molar-refractivity contribution is 4.93. The van der Waals surface area contributed by atoms with Crippen molar-refractivity contribution in [1.29, 1.82) is 0 Å². The van der Waals surface area contributed by atoms with Crippen LogP contribution in [0, 0.1) is 0 Å². The van der Waals surface area contributed by atoms with Crippen molar-refractivity contribution in [3.8, 4) is 0 Å². The normalized spacial score (nSPS) is 38.4. The van der Waals surface area contributed by atoms with E-state index in [0.29, 0.717) is 5.54 Å². The van der Waals surface area contributed by atoms with Crippen molar-refractivity contribution in [2.45, 2.75) is 64.0 Å². The lowest BCUT2D eigenvalue weighted by molar-refractivity contribution is 0.174. The molecule has 0 aliphatic carbocycles. The SMILES string of the molecule is CCN1CCCC1CC1(C)CCCCN1. The van der Waals surface area contributed by atoms with E-state index in [4.69, 9.17) is 0 Å². The summed E-state index contributed by atoms with van der Waals surface area (Å²) < 4.78 is 0. The van der Waals surface area contributed by atoms with Crippen LogP contribution in [0.2, 0.25) is 0 Å². The average Bonchev–Trinajstić information content (AvgIpc) is 2.65. The molecule has 2 fully saturated rings. The molecule has 2 heteroatoms. The third-order valence-corrected chi connectivity index (χ3v) is 4.30. The Morgan fingerprint density at radius 3 is 2.87 bits per heavy atom. The van der Waals surface area contributed by atoms with Gasteiger partial charge in [0.2, 0.25) is 0 Å². The Bertz CT molecular complexity index is 197. The predicted molar refractivity (Wildman–Crippen MR) is 65.1 cm³/mol. The largest absolute Gasteiger partial charge is 0.311 e. The van der Waals surface area contributed by atoms with Gasteiger partial charge < -0.3 is 10.2 Å². The number of rotatable bonds is 3. The Labute approximate surface area is 94.4 Å². The van der Waals surface area contributed by atoms with E-state index in [2.05, 4.69) is 24.1 Å². The summed E-state index contributed by atoms with van der Waals surface area (Å²) in [5, 5.41) is 3.74. The van der Waals surface area contributed by atoms with Crippen molar-refractivity contribution < 1.29 is 0 Å². The molecule has 2 aliphatic heterocycles. The summed E-state index contributed by atoms with van der Waals surface area (Å²) in [5.74, 6) is 0. The van der Waals surface area contributed by atoms with E-state index in [1.807, 2.05) is 0 Å². The third-order valence-electron chi connectivity index (χ3n) is 4.30. The van der Waals surface area contributed by atoms with Gasteiger partial charge in [0.05, 0.1) is 0 Å². The molecule has 15 heavy (non-hydrogen) atoms. The molecule has 0 spiro atoms. The molecule has 2 nitrogen and oxygen atoms in total. The third kappa shape index (κ3) is 2.73. The summed E-state index contributed by atoms with van der Waals surface area (Å²) in [6.07, 6.45) is 8.36. The van der Waals surface area contributed by atoms with E-state index >= 15 is 0 Å². The zero-order chi connectivity index (χ0) is 10.7. The minimum absolute atomic E-state index is 0.431. The van der Waals surface area contributed by atoms with Crippen LogP contribution >= 0.6 is 0 Å². The Kier molecular flexibility index (Phi) is 3.68. The van der Waals surface area contributed by atoms with E-state index in [1.165, 1.54) is 58.2 Å². The van der Waals surface area contributed by atoms with Crippen molar-refractivity contribution in [2.75, 3.05) is 19.6 Å². The maximum atomic E-state index is 3.74. The lowest BCUT2D eigenvalue weighted by Gasteiger charge is -2.39. The van der Waals surface area contributed by atoms with E-state index < -0.39 is 0 Å². The molecule has 2 aliphatic rings. The summed E-state index contributed by atoms with van der Waals surface area (Å²) in [6.45, 7) is 8.53. The number of nitrogens with one attached hydrogen (secondary N) is 1. The van der Waals surface area contributed by atoms with Gasteiger partial charge >= 0.3 is 0 Å². The molecule has 2 rings (SSSR count). The number of hydrogen-bond acceptors (Lipinski definition) is 2. The minimum atomic E-state index is 0.431. The number of hydrogen-bond donors (Lipinski definition) is 1. The van der Waals surface area contributed by atoms with Crippen molar-refractivity contribution >= 4 is 0 Å². The van der Waals surface area contributed by atoms with Gasteiger partial charge in [0.1, 0.15) is 0 Å². The Morgan fingerprint density at radius 1 is 1.33 bits per heavy atom. The van der Waals surface area contributed by atoms with E-state index in [-0.39, 0.29) is 0 Å². The lowest BCUT2D eigenvalue weighted by Crippen LogP contribution is -2.49. The standard InChI is InChI=1S/C13H26N2/c1-3-15-10-6-7-12(15)11-13(2)8-4-5-9-14-13/h12,14H,3-11H2,1-2H3. The lowest BCUT2D eigenvalue weighted by atomic mass is 9.84. The molecule has 1 N–H and O–H groups in total. The molecular weight excluding hydrogens is 184 g/mol. The smallest absolute Gasteiger partial charge is 0.0168 e. The average molecular weight is 210 g/mol. The monoisotopic (exact) mass is 210 g/mol. The van der Waals surface area contributed by atoms with Crippen LogP contribution in [0.1, 0.15) is 52.4 Å². The maximum absolute atomic E-state index is 3.74. The van der Waals surface area contributed by atoms with Crippen LogP contribution in [0.5, 0.6) is 0 Å². The number of likely N-dealkylation sites (tertiary alicyclic amines) is 1. The molecule has 2 heterocycles. The van der Waals surface area contributed by atoms with E-state index in [0.717, 1.165) is 6.04 Å². The second-order valence-corrected chi connectivity index (χ2v) is 5.57. The van der Waals surface area contributed by atoms with Crippen molar-refractivity contribution in [3.63, 3.8) is 0 Å². The Balaban J connectivity index is 1.88. The summed E-state index contributed by atoms with van der Waals surface area (Å²) in [4.78, 5) is 2.67. The fourth-order valence-corrected chi connectivity index (χ4v) is 3.36. The highest BCUT2D eigenvalue weighted by Crippen LogP contribution is 2.29. The van der Waals surface area contributed by atoms with Crippen LogP contribution in [0.3, 0.4) is 0 Å². The number of piperidine rings is 1. The van der Waals surface area contributed by atoms with Gasteiger partial charge in [-0.25, -0.2) is 0 Å². The van der Waals surface area contributed by atoms with E-state index in [1.54, 1.807) is 0 Å². The molecule has 2 unspecified atom stereocenters. The second-order valence-electron chi connectivity index (χ2n) is 5.57. The first-order valence-corrected chi connectivity index (χ1v) is 6.72. The fourth-order valence-electron chi connectivity index (χ4n) is 3.36.